The Balaban J connectivity index is 2.23. The first-order valence-electron chi connectivity index (χ1n) is 6.49. The normalized spacial score (nSPS) is 20.4. The van der Waals surface area contributed by atoms with Crippen molar-refractivity contribution in [3.63, 3.8) is 0 Å². The molecule has 0 bridgehead atoms. The van der Waals surface area contributed by atoms with Crippen molar-refractivity contribution in [2.75, 3.05) is 26.2 Å². The smallest absolute Gasteiger partial charge is 0.0270 e. The van der Waals surface area contributed by atoms with E-state index in [0.29, 0.717) is 12.0 Å². The van der Waals surface area contributed by atoms with E-state index in [-0.39, 0.29) is 0 Å². The third-order valence-electron chi connectivity index (χ3n) is 4.21. The lowest BCUT2D eigenvalue weighted by atomic mass is 9.74. The van der Waals surface area contributed by atoms with Gasteiger partial charge >= 0.3 is 0 Å². The highest BCUT2D eigenvalue weighted by Gasteiger charge is 2.30. The number of rotatable bonds is 6. The Kier molecular flexibility index (Phi) is 5.64. The minimum atomic E-state index is 0.612. The van der Waals surface area contributed by atoms with Gasteiger partial charge in [0, 0.05) is 11.5 Å². The molecule has 4 nitrogen and oxygen atoms in total. The molecule has 1 fully saturated rings. The number of piperidine rings is 1. The van der Waals surface area contributed by atoms with Gasteiger partial charge in [-0.15, -0.1) is 0 Å². The highest BCUT2D eigenvalue weighted by Crippen LogP contribution is 2.37. The van der Waals surface area contributed by atoms with Crippen LogP contribution in [0.4, 0.5) is 0 Å². The summed E-state index contributed by atoms with van der Waals surface area (Å²) < 4.78 is 0. The van der Waals surface area contributed by atoms with E-state index in [1.807, 2.05) is 0 Å². The van der Waals surface area contributed by atoms with Crippen molar-refractivity contribution in [3.05, 3.63) is 10.4 Å². The van der Waals surface area contributed by atoms with Crippen LogP contribution in [-0.4, -0.2) is 31.1 Å². The summed E-state index contributed by atoms with van der Waals surface area (Å²) in [5.41, 5.74) is 8.79. The lowest BCUT2D eigenvalue weighted by molar-refractivity contribution is 0.0952. The summed E-state index contributed by atoms with van der Waals surface area (Å²) in [7, 11) is 0. The number of azide groups is 1. The Hall–Kier alpha value is -0.730. The fourth-order valence-electron chi connectivity index (χ4n) is 2.62. The molecule has 0 saturated carbocycles. The third kappa shape index (κ3) is 3.69. The van der Waals surface area contributed by atoms with Crippen LogP contribution in [0.1, 0.15) is 46.0 Å². The predicted octanol–water partition coefficient (Wildman–Crippen LogP) is 3.59. The van der Waals surface area contributed by atoms with E-state index >= 15 is 0 Å². The van der Waals surface area contributed by atoms with Crippen LogP contribution < -0.4 is 0 Å². The summed E-state index contributed by atoms with van der Waals surface area (Å²) in [5.74, 6) is 0. The van der Waals surface area contributed by atoms with Gasteiger partial charge in [0.05, 0.1) is 0 Å². The van der Waals surface area contributed by atoms with Gasteiger partial charge in [-0.3, -0.25) is 0 Å². The number of nitrogens with zero attached hydrogens (tertiary/aromatic N) is 4. The van der Waals surface area contributed by atoms with Crippen molar-refractivity contribution in [1.82, 2.24) is 4.90 Å². The topological polar surface area (TPSA) is 52.0 Å². The number of likely N-dealkylation sites (tertiary alicyclic amines) is 1. The molecule has 0 aromatic heterocycles. The van der Waals surface area contributed by atoms with Crippen LogP contribution in [0, 0.1) is 5.41 Å². The van der Waals surface area contributed by atoms with Gasteiger partial charge in [0.1, 0.15) is 0 Å². The largest absolute Gasteiger partial charge is 0.303 e. The van der Waals surface area contributed by atoms with Gasteiger partial charge in [-0.2, -0.15) is 0 Å². The first-order valence-corrected chi connectivity index (χ1v) is 6.49. The maximum absolute atomic E-state index is 8.18. The molecule has 1 saturated heterocycles. The molecule has 0 aliphatic carbocycles. The van der Waals surface area contributed by atoms with Crippen molar-refractivity contribution in [1.29, 1.82) is 0 Å². The molecule has 0 radical (unpaired) electrons. The minimum Gasteiger partial charge on any atom is -0.303 e. The molecule has 4 heteroatoms. The Bertz CT molecular complexity index is 231. The molecule has 0 amide bonds. The highest BCUT2D eigenvalue weighted by atomic mass is 15.1. The summed E-state index contributed by atoms with van der Waals surface area (Å²) in [6, 6.07) is 0. The van der Waals surface area contributed by atoms with Crippen molar-refractivity contribution in [3.8, 4) is 0 Å². The Morgan fingerprint density at radius 2 is 1.88 bits per heavy atom. The molecule has 16 heavy (non-hydrogen) atoms. The summed E-state index contributed by atoms with van der Waals surface area (Å²) in [6.45, 7) is 8.81. The van der Waals surface area contributed by atoms with Crippen LogP contribution in [0.15, 0.2) is 5.11 Å². The molecule has 0 aromatic carbocycles. The highest BCUT2D eigenvalue weighted by molar-refractivity contribution is 4.83. The van der Waals surface area contributed by atoms with Crippen molar-refractivity contribution < 1.29 is 0 Å². The first-order chi connectivity index (χ1) is 7.76. The standard InChI is InChI=1S/C12H24N4/c1-3-12(4-2)6-10-16(11-7-12)9-5-8-14-15-13/h3-11H2,1-2H3. The zero-order valence-electron chi connectivity index (χ0n) is 10.7. The molecule has 1 heterocycles. The summed E-state index contributed by atoms with van der Waals surface area (Å²) in [4.78, 5) is 5.28. The van der Waals surface area contributed by atoms with Gasteiger partial charge in [0.2, 0.25) is 0 Å². The van der Waals surface area contributed by atoms with Crippen LogP contribution >= 0.6 is 0 Å². The second-order valence-electron chi connectivity index (χ2n) is 4.86. The van der Waals surface area contributed by atoms with Crippen molar-refractivity contribution in [2.45, 2.75) is 46.0 Å². The van der Waals surface area contributed by atoms with E-state index in [2.05, 4.69) is 28.8 Å². The van der Waals surface area contributed by atoms with E-state index in [0.717, 1.165) is 13.0 Å². The lowest BCUT2D eigenvalue weighted by Crippen LogP contribution is -2.40. The molecule has 0 spiro atoms. The second kappa shape index (κ2) is 6.77. The molecule has 1 aliphatic heterocycles. The predicted molar refractivity (Wildman–Crippen MR) is 67.3 cm³/mol. The Labute approximate surface area is 98.6 Å². The van der Waals surface area contributed by atoms with Gasteiger partial charge in [-0.25, -0.2) is 0 Å². The van der Waals surface area contributed by atoms with Crippen LogP contribution in [0.3, 0.4) is 0 Å². The maximum atomic E-state index is 8.18. The fraction of sp³-hybridized carbons (Fsp3) is 1.00. The molecule has 1 aliphatic rings. The summed E-state index contributed by atoms with van der Waals surface area (Å²) >= 11 is 0. The van der Waals surface area contributed by atoms with Gasteiger partial charge in [-0.1, -0.05) is 31.8 Å². The number of hydrogen-bond donors (Lipinski definition) is 0. The summed E-state index contributed by atoms with van der Waals surface area (Å²) in [6.07, 6.45) is 6.30. The van der Waals surface area contributed by atoms with E-state index in [1.165, 1.54) is 38.8 Å². The van der Waals surface area contributed by atoms with Gasteiger partial charge in [-0.05, 0) is 49.8 Å². The summed E-state index contributed by atoms with van der Waals surface area (Å²) in [5, 5.41) is 3.57. The van der Waals surface area contributed by atoms with E-state index in [1.54, 1.807) is 0 Å². The number of hydrogen-bond acceptors (Lipinski definition) is 2. The zero-order chi connectivity index (χ0) is 11.9. The fourth-order valence-corrected chi connectivity index (χ4v) is 2.62. The first kappa shape index (κ1) is 13.3. The van der Waals surface area contributed by atoms with Crippen LogP contribution in [-0.2, 0) is 0 Å². The van der Waals surface area contributed by atoms with E-state index < -0.39 is 0 Å². The molecule has 0 N–H and O–H groups in total. The SMILES string of the molecule is CCC1(CC)CCN(CCCN=[N+]=[N-])CC1. The monoisotopic (exact) mass is 224 g/mol. The van der Waals surface area contributed by atoms with Crippen LogP contribution in [0.5, 0.6) is 0 Å². The molecule has 0 unspecified atom stereocenters. The lowest BCUT2D eigenvalue weighted by Gasteiger charge is -2.41. The molecular formula is C12H24N4. The Morgan fingerprint density at radius 1 is 1.25 bits per heavy atom. The van der Waals surface area contributed by atoms with Crippen molar-refractivity contribution in [2.24, 2.45) is 10.5 Å². The van der Waals surface area contributed by atoms with Gasteiger partial charge in [0.15, 0.2) is 0 Å². The quantitative estimate of drug-likeness (QED) is 0.294. The van der Waals surface area contributed by atoms with Crippen LogP contribution in [0.25, 0.3) is 10.4 Å². The molecular weight excluding hydrogens is 200 g/mol. The van der Waals surface area contributed by atoms with Gasteiger partial charge < -0.3 is 4.90 Å². The molecule has 0 aromatic rings. The second-order valence-corrected chi connectivity index (χ2v) is 4.86. The minimum absolute atomic E-state index is 0.612. The molecule has 0 atom stereocenters. The average molecular weight is 224 g/mol. The maximum Gasteiger partial charge on any atom is 0.0270 e. The zero-order valence-corrected chi connectivity index (χ0v) is 10.7. The van der Waals surface area contributed by atoms with Crippen LogP contribution in [0.2, 0.25) is 0 Å². The van der Waals surface area contributed by atoms with Gasteiger partial charge in [0.25, 0.3) is 0 Å². The average Bonchev–Trinajstić information content (AvgIpc) is 2.36. The third-order valence-corrected chi connectivity index (χ3v) is 4.21. The Morgan fingerprint density at radius 3 is 2.38 bits per heavy atom. The van der Waals surface area contributed by atoms with E-state index in [4.69, 9.17) is 5.53 Å². The van der Waals surface area contributed by atoms with Crippen molar-refractivity contribution >= 4 is 0 Å². The van der Waals surface area contributed by atoms with E-state index in [9.17, 15) is 0 Å². The molecule has 1 rings (SSSR count). The molecule has 92 valence electrons.